The Balaban J connectivity index is 2.81. The van der Waals surface area contributed by atoms with E-state index in [1.807, 2.05) is 0 Å². The molecule has 0 radical (unpaired) electrons. The minimum absolute atomic E-state index is 0.0949. The van der Waals surface area contributed by atoms with Gasteiger partial charge in [0.15, 0.2) is 5.96 Å². The van der Waals surface area contributed by atoms with Gasteiger partial charge in [-0.25, -0.2) is 0 Å². The van der Waals surface area contributed by atoms with Crippen molar-refractivity contribution in [1.82, 2.24) is 10.6 Å². The van der Waals surface area contributed by atoms with Crippen LogP contribution in [0.1, 0.15) is 5.56 Å². The molecule has 0 bridgehead atoms. The Morgan fingerprint density at radius 1 is 1.43 bits per heavy atom. The molecule has 1 aromatic rings. The summed E-state index contributed by atoms with van der Waals surface area (Å²) in [6.45, 7) is 1.51. The molecular weight excluding hydrogens is 280 g/mol. The van der Waals surface area contributed by atoms with Crippen LogP contribution in [0.2, 0.25) is 0 Å². The molecule has 0 amide bonds. The van der Waals surface area contributed by atoms with Crippen LogP contribution < -0.4 is 20.1 Å². The Morgan fingerprint density at radius 2 is 2.19 bits per heavy atom. The number of halogens is 2. The minimum Gasteiger partial charge on any atom is -0.497 e. The van der Waals surface area contributed by atoms with Gasteiger partial charge in [-0.1, -0.05) is 6.08 Å². The number of alkyl halides is 2. The van der Waals surface area contributed by atoms with Crippen LogP contribution in [0.5, 0.6) is 11.5 Å². The third-order valence-electron chi connectivity index (χ3n) is 2.57. The molecule has 0 heterocycles. The standard InChI is InChI=1S/C14H19F2N3O2/c1-4-7-18-14(17-2)19-9-10-8-11(20-3)5-6-12(10)21-13(15)16/h4-6,8,13H,1,7,9H2,2-3H3,(H2,17,18,19). The Bertz CT molecular complexity index is 493. The lowest BCUT2D eigenvalue weighted by Crippen LogP contribution is -2.36. The molecule has 0 spiro atoms. The molecule has 0 saturated heterocycles. The van der Waals surface area contributed by atoms with Crippen LogP contribution in [-0.2, 0) is 6.54 Å². The fourth-order valence-corrected chi connectivity index (χ4v) is 1.60. The predicted octanol–water partition coefficient (Wildman–Crippen LogP) is 2.15. The highest BCUT2D eigenvalue weighted by Crippen LogP contribution is 2.25. The first-order valence-corrected chi connectivity index (χ1v) is 6.27. The van der Waals surface area contributed by atoms with E-state index in [2.05, 4.69) is 26.9 Å². The van der Waals surface area contributed by atoms with Gasteiger partial charge in [-0.3, -0.25) is 4.99 Å². The van der Waals surface area contributed by atoms with Crippen molar-refractivity contribution in [3.8, 4) is 11.5 Å². The summed E-state index contributed by atoms with van der Waals surface area (Å²) in [6, 6.07) is 4.64. The second kappa shape index (κ2) is 8.78. The highest BCUT2D eigenvalue weighted by Gasteiger charge is 2.11. The molecular formula is C14H19F2N3O2. The van der Waals surface area contributed by atoms with E-state index in [1.165, 1.54) is 13.2 Å². The molecule has 7 heteroatoms. The zero-order valence-electron chi connectivity index (χ0n) is 12.0. The summed E-state index contributed by atoms with van der Waals surface area (Å²) < 4.78 is 34.4. The first-order chi connectivity index (χ1) is 10.1. The number of hydrogen-bond donors (Lipinski definition) is 2. The second-order valence-electron chi connectivity index (χ2n) is 3.95. The summed E-state index contributed by atoms with van der Waals surface area (Å²) in [5, 5.41) is 5.97. The number of aliphatic imine (C=N–C) groups is 1. The fraction of sp³-hybridized carbons (Fsp3) is 0.357. The number of hydrogen-bond acceptors (Lipinski definition) is 3. The lowest BCUT2D eigenvalue weighted by molar-refractivity contribution is -0.0504. The van der Waals surface area contributed by atoms with Crippen LogP contribution in [0.15, 0.2) is 35.8 Å². The van der Waals surface area contributed by atoms with Gasteiger partial charge in [0, 0.05) is 25.7 Å². The number of methoxy groups -OCH3 is 1. The van der Waals surface area contributed by atoms with Crippen molar-refractivity contribution in [2.75, 3.05) is 20.7 Å². The summed E-state index contributed by atoms with van der Waals surface area (Å²) in [7, 11) is 3.12. The number of benzene rings is 1. The smallest absolute Gasteiger partial charge is 0.387 e. The van der Waals surface area contributed by atoms with Gasteiger partial charge in [0.05, 0.1) is 7.11 Å². The van der Waals surface area contributed by atoms with Crippen molar-refractivity contribution in [3.05, 3.63) is 36.4 Å². The molecule has 0 atom stereocenters. The second-order valence-corrected chi connectivity index (χ2v) is 3.95. The van der Waals surface area contributed by atoms with Gasteiger partial charge < -0.3 is 20.1 Å². The van der Waals surface area contributed by atoms with E-state index >= 15 is 0 Å². The van der Waals surface area contributed by atoms with Crippen LogP contribution in [0.3, 0.4) is 0 Å². The van der Waals surface area contributed by atoms with Gasteiger partial charge in [-0.15, -0.1) is 6.58 Å². The van der Waals surface area contributed by atoms with Gasteiger partial charge >= 0.3 is 6.61 Å². The van der Waals surface area contributed by atoms with Crippen LogP contribution in [-0.4, -0.2) is 33.3 Å². The van der Waals surface area contributed by atoms with E-state index in [4.69, 9.17) is 4.74 Å². The summed E-state index contributed by atoms with van der Waals surface area (Å²) >= 11 is 0. The molecule has 0 aromatic heterocycles. The molecule has 5 nitrogen and oxygen atoms in total. The molecule has 0 aliphatic rings. The average molecular weight is 299 g/mol. The molecule has 21 heavy (non-hydrogen) atoms. The molecule has 2 N–H and O–H groups in total. The topological polar surface area (TPSA) is 54.9 Å². The molecule has 116 valence electrons. The Hall–Kier alpha value is -2.31. The van der Waals surface area contributed by atoms with Gasteiger partial charge in [-0.05, 0) is 18.2 Å². The molecule has 0 saturated carbocycles. The number of guanidine groups is 1. The molecule has 0 aliphatic heterocycles. The van der Waals surface area contributed by atoms with Crippen LogP contribution in [0.4, 0.5) is 8.78 Å². The molecule has 1 rings (SSSR count). The maximum absolute atomic E-state index is 12.4. The zero-order chi connectivity index (χ0) is 15.7. The third-order valence-corrected chi connectivity index (χ3v) is 2.57. The number of nitrogens with zero attached hydrogens (tertiary/aromatic N) is 1. The molecule has 1 aromatic carbocycles. The van der Waals surface area contributed by atoms with E-state index in [1.54, 1.807) is 25.3 Å². The number of rotatable bonds is 7. The van der Waals surface area contributed by atoms with Gasteiger partial charge in [0.1, 0.15) is 11.5 Å². The van der Waals surface area contributed by atoms with E-state index in [9.17, 15) is 8.78 Å². The molecule has 0 aliphatic carbocycles. The highest BCUT2D eigenvalue weighted by molar-refractivity contribution is 5.79. The largest absolute Gasteiger partial charge is 0.497 e. The highest BCUT2D eigenvalue weighted by atomic mass is 19.3. The SMILES string of the molecule is C=CCNC(=NC)NCc1cc(OC)ccc1OC(F)F. The summed E-state index contributed by atoms with van der Waals surface area (Å²) in [6.07, 6.45) is 1.68. The van der Waals surface area contributed by atoms with E-state index in [0.717, 1.165) is 0 Å². The number of nitrogens with one attached hydrogen (secondary N) is 2. The summed E-state index contributed by atoms with van der Waals surface area (Å²) in [5.41, 5.74) is 0.538. The van der Waals surface area contributed by atoms with Gasteiger partial charge in [-0.2, -0.15) is 8.78 Å². The summed E-state index contributed by atoms with van der Waals surface area (Å²) in [5.74, 6) is 1.18. The van der Waals surface area contributed by atoms with Crippen molar-refractivity contribution in [3.63, 3.8) is 0 Å². The molecule has 0 unspecified atom stereocenters. The van der Waals surface area contributed by atoms with Crippen LogP contribution >= 0.6 is 0 Å². The van der Waals surface area contributed by atoms with Crippen molar-refractivity contribution >= 4 is 5.96 Å². The number of ether oxygens (including phenoxy) is 2. The maximum Gasteiger partial charge on any atom is 0.387 e. The fourth-order valence-electron chi connectivity index (χ4n) is 1.60. The Morgan fingerprint density at radius 3 is 2.76 bits per heavy atom. The first-order valence-electron chi connectivity index (χ1n) is 6.27. The lowest BCUT2D eigenvalue weighted by atomic mass is 10.2. The van der Waals surface area contributed by atoms with Gasteiger partial charge in [0.25, 0.3) is 0 Å². The normalized spacial score (nSPS) is 11.2. The lowest BCUT2D eigenvalue weighted by Gasteiger charge is -2.15. The van der Waals surface area contributed by atoms with Crippen molar-refractivity contribution in [2.24, 2.45) is 4.99 Å². The van der Waals surface area contributed by atoms with Crippen molar-refractivity contribution in [2.45, 2.75) is 13.2 Å². The van der Waals surface area contributed by atoms with Crippen molar-refractivity contribution in [1.29, 1.82) is 0 Å². The van der Waals surface area contributed by atoms with Crippen LogP contribution in [0, 0.1) is 0 Å². The Labute approximate surface area is 122 Å². The van der Waals surface area contributed by atoms with Crippen molar-refractivity contribution < 1.29 is 18.3 Å². The third kappa shape index (κ3) is 5.68. The minimum atomic E-state index is -2.88. The zero-order valence-corrected chi connectivity index (χ0v) is 12.0. The van der Waals surface area contributed by atoms with E-state index in [0.29, 0.717) is 23.8 Å². The molecule has 0 fully saturated rings. The van der Waals surface area contributed by atoms with Gasteiger partial charge in [0.2, 0.25) is 0 Å². The van der Waals surface area contributed by atoms with Crippen LogP contribution in [0.25, 0.3) is 0 Å². The quantitative estimate of drug-likeness (QED) is 0.460. The summed E-state index contributed by atoms with van der Waals surface area (Å²) in [4.78, 5) is 4.00. The first kappa shape index (κ1) is 16.7. The van der Waals surface area contributed by atoms with E-state index < -0.39 is 6.61 Å². The Kier molecular flexibility index (Phi) is 7.00. The maximum atomic E-state index is 12.4. The average Bonchev–Trinajstić information content (AvgIpc) is 2.48. The predicted molar refractivity (Wildman–Crippen MR) is 78.0 cm³/mol. The monoisotopic (exact) mass is 299 g/mol. The van der Waals surface area contributed by atoms with E-state index in [-0.39, 0.29) is 12.3 Å².